The summed E-state index contributed by atoms with van der Waals surface area (Å²) < 4.78 is 4.98. The summed E-state index contributed by atoms with van der Waals surface area (Å²) >= 11 is 0. The van der Waals surface area contributed by atoms with Crippen molar-refractivity contribution in [2.24, 2.45) is 5.73 Å². The van der Waals surface area contributed by atoms with Crippen molar-refractivity contribution in [3.63, 3.8) is 0 Å². The van der Waals surface area contributed by atoms with Crippen LogP contribution < -0.4 is 5.73 Å². The molecular formula is C18H17N5O3. The molecule has 26 heavy (non-hydrogen) atoms. The summed E-state index contributed by atoms with van der Waals surface area (Å²) in [6.45, 7) is 2.76. The van der Waals surface area contributed by atoms with Gasteiger partial charge in [-0.25, -0.2) is 4.98 Å². The van der Waals surface area contributed by atoms with Gasteiger partial charge in [-0.05, 0) is 19.1 Å². The zero-order chi connectivity index (χ0) is 18.3. The van der Waals surface area contributed by atoms with Crippen LogP contribution in [-0.2, 0) is 13.0 Å². The lowest BCUT2D eigenvalue weighted by Crippen LogP contribution is -2.36. The van der Waals surface area contributed by atoms with E-state index in [4.69, 9.17) is 10.3 Å². The second-order valence-corrected chi connectivity index (χ2v) is 6.25. The van der Waals surface area contributed by atoms with Gasteiger partial charge in [-0.15, -0.1) is 0 Å². The standard InChI is InChI=1S/C18H17N5O3/c1-10-8-14(22-26-10)18(25)23-7-6-13-15(9-23)21-17(20-13)12-4-2-11(3-5-12)16(19)24/h2-5,8H,6-7,9H2,1H3,(H2,19,24)(H,20,21). The summed E-state index contributed by atoms with van der Waals surface area (Å²) in [7, 11) is 0. The van der Waals surface area contributed by atoms with Gasteiger partial charge >= 0.3 is 0 Å². The van der Waals surface area contributed by atoms with Crippen molar-refractivity contribution in [1.29, 1.82) is 0 Å². The monoisotopic (exact) mass is 351 g/mol. The van der Waals surface area contributed by atoms with Crippen molar-refractivity contribution in [3.8, 4) is 11.4 Å². The number of H-pyrrole nitrogens is 1. The summed E-state index contributed by atoms with van der Waals surface area (Å²) in [6.07, 6.45) is 0.660. The highest BCUT2D eigenvalue weighted by molar-refractivity contribution is 5.93. The lowest BCUT2D eigenvalue weighted by Gasteiger charge is -2.25. The van der Waals surface area contributed by atoms with Gasteiger partial charge in [0.05, 0.1) is 17.9 Å². The molecule has 2 amide bonds. The van der Waals surface area contributed by atoms with E-state index in [0.717, 1.165) is 17.0 Å². The highest BCUT2D eigenvalue weighted by atomic mass is 16.5. The molecule has 1 aromatic carbocycles. The predicted molar refractivity (Wildman–Crippen MR) is 92.2 cm³/mol. The normalized spacial score (nSPS) is 13.5. The van der Waals surface area contributed by atoms with Crippen LogP contribution in [-0.4, -0.2) is 38.4 Å². The number of rotatable bonds is 3. The Kier molecular flexibility index (Phi) is 3.80. The van der Waals surface area contributed by atoms with E-state index >= 15 is 0 Å². The van der Waals surface area contributed by atoms with Gasteiger partial charge in [0.25, 0.3) is 5.91 Å². The maximum Gasteiger partial charge on any atom is 0.276 e. The van der Waals surface area contributed by atoms with Gasteiger partial charge in [0.15, 0.2) is 5.69 Å². The van der Waals surface area contributed by atoms with Crippen LogP contribution >= 0.6 is 0 Å². The second-order valence-electron chi connectivity index (χ2n) is 6.25. The number of carbonyl (C=O) groups excluding carboxylic acids is 2. The zero-order valence-electron chi connectivity index (χ0n) is 14.2. The minimum absolute atomic E-state index is 0.158. The fourth-order valence-corrected chi connectivity index (χ4v) is 3.03. The Labute approximate surface area is 149 Å². The molecule has 0 aliphatic carbocycles. The minimum Gasteiger partial charge on any atom is -0.366 e. The first-order chi connectivity index (χ1) is 12.5. The summed E-state index contributed by atoms with van der Waals surface area (Å²) in [5.41, 5.74) is 8.73. The Morgan fingerprint density at radius 3 is 2.69 bits per heavy atom. The number of nitrogens with two attached hydrogens (primary N) is 1. The van der Waals surface area contributed by atoms with Gasteiger partial charge in [0, 0.05) is 30.2 Å². The molecule has 132 valence electrons. The van der Waals surface area contributed by atoms with Crippen molar-refractivity contribution in [1.82, 2.24) is 20.0 Å². The van der Waals surface area contributed by atoms with Crippen LogP contribution in [0.2, 0.25) is 0 Å². The van der Waals surface area contributed by atoms with Crippen molar-refractivity contribution in [2.75, 3.05) is 6.54 Å². The maximum atomic E-state index is 12.5. The first kappa shape index (κ1) is 16.1. The molecule has 8 heteroatoms. The Hall–Kier alpha value is -3.42. The summed E-state index contributed by atoms with van der Waals surface area (Å²) in [4.78, 5) is 33.3. The van der Waals surface area contributed by atoms with Crippen molar-refractivity contribution < 1.29 is 14.1 Å². The van der Waals surface area contributed by atoms with Crippen LogP contribution in [0, 0.1) is 6.92 Å². The third kappa shape index (κ3) is 2.85. The van der Waals surface area contributed by atoms with E-state index in [9.17, 15) is 9.59 Å². The van der Waals surface area contributed by atoms with Crippen LogP contribution in [0.25, 0.3) is 11.4 Å². The van der Waals surface area contributed by atoms with Gasteiger partial charge in [-0.3, -0.25) is 9.59 Å². The summed E-state index contributed by atoms with van der Waals surface area (Å²) in [5, 5.41) is 3.79. The number of primary amides is 1. The number of imidazole rings is 1. The zero-order valence-corrected chi connectivity index (χ0v) is 14.2. The average Bonchev–Trinajstić information content (AvgIpc) is 3.26. The molecule has 1 aliphatic rings. The van der Waals surface area contributed by atoms with E-state index in [1.165, 1.54) is 0 Å². The van der Waals surface area contributed by atoms with E-state index in [0.29, 0.717) is 42.4 Å². The number of aryl methyl sites for hydroxylation is 1. The van der Waals surface area contributed by atoms with Crippen molar-refractivity contribution in [2.45, 2.75) is 19.9 Å². The Morgan fingerprint density at radius 1 is 1.27 bits per heavy atom. The highest BCUT2D eigenvalue weighted by Gasteiger charge is 2.26. The molecular weight excluding hydrogens is 334 g/mol. The Morgan fingerprint density at radius 2 is 2.04 bits per heavy atom. The first-order valence-electron chi connectivity index (χ1n) is 8.22. The van der Waals surface area contributed by atoms with Gasteiger partial charge in [-0.2, -0.15) is 0 Å². The molecule has 2 aromatic heterocycles. The Bertz CT molecular complexity index is 987. The molecule has 0 saturated heterocycles. The SMILES string of the molecule is Cc1cc(C(=O)N2CCc3nc(-c4ccc(C(N)=O)cc4)[nH]c3C2)no1. The van der Waals surface area contributed by atoms with E-state index in [1.54, 1.807) is 42.2 Å². The van der Waals surface area contributed by atoms with Crippen LogP contribution in [0.3, 0.4) is 0 Å². The number of benzene rings is 1. The molecule has 4 rings (SSSR count). The van der Waals surface area contributed by atoms with Gasteiger partial charge in [-0.1, -0.05) is 17.3 Å². The number of fused-ring (bicyclic) bond motifs is 1. The highest BCUT2D eigenvalue weighted by Crippen LogP contribution is 2.24. The van der Waals surface area contributed by atoms with Gasteiger partial charge < -0.3 is 20.1 Å². The summed E-state index contributed by atoms with van der Waals surface area (Å²) in [5.74, 6) is 0.689. The van der Waals surface area contributed by atoms with Crippen molar-refractivity contribution in [3.05, 3.63) is 58.7 Å². The smallest absolute Gasteiger partial charge is 0.276 e. The molecule has 8 nitrogen and oxygen atoms in total. The number of amides is 2. The molecule has 3 N–H and O–H groups in total. The van der Waals surface area contributed by atoms with Crippen LogP contribution in [0.15, 0.2) is 34.9 Å². The van der Waals surface area contributed by atoms with Crippen LogP contribution in [0.4, 0.5) is 0 Å². The molecule has 0 atom stereocenters. The van der Waals surface area contributed by atoms with Gasteiger partial charge in [0.2, 0.25) is 5.91 Å². The van der Waals surface area contributed by atoms with Crippen LogP contribution in [0.1, 0.15) is 38.0 Å². The quantitative estimate of drug-likeness (QED) is 0.744. The predicted octanol–water partition coefficient (Wildman–Crippen LogP) is 1.67. The van der Waals surface area contributed by atoms with E-state index < -0.39 is 5.91 Å². The van der Waals surface area contributed by atoms with Gasteiger partial charge in [0.1, 0.15) is 11.6 Å². The van der Waals surface area contributed by atoms with Crippen LogP contribution in [0.5, 0.6) is 0 Å². The van der Waals surface area contributed by atoms with E-state index in [1.807, 2.05) is 0 Å². The van der Waals surface area contributed by atoms with Crippen molar-refractivity contribution >= 4 is 11.8 Å². The summed E-state index contributed by atoms with van der Waals surface area (Å²) in [6, 6.07) is 8.57. The lowest BCUT2D eigenvalue weighted by atomic mass is 10.1. The number of nitrogens with zero attached hydrogens (tertiary/aromatic N) is 3. The first-order valence-corrected chi connectivity index (χ1v) is 8.22. The molecule has 0 unspecified atom stereocenters. The largest absolute Gasteiger partial charge is 0.366 e. The molecule has 0 saturated carbocycles. The number of nitrogens with one attached hydrogen (secondary N) is 1. The number of hydrogen-bond acceptors (Lipinski definition) is 5. The average molecular weight is 351 g/mol. The maximum absolute atomic E-state index is 12.5. The van der Waals surface area contributed by atoms with E-state index in [-0.39, 0.29) is 5.91 Å². The second kappa shape index (κ2) is 6.14. The molecule has 1 aliphatic heterocycles. The fraction of sp³-hybridized carbons (Fsp3) is 0.222. The molecule has 0 radical (unpaired) electrons. The molecule has 3 aromatic rings. The number of aromatic nitrogens is 3. The molecule has 3 heterocycles. The molecule has 0 spiro atoms. The molecule has 0 fully saturated rings. The number of aromatic amines is 1. The number of hydrogen-bond donors (Lipinski definition) is 2. The minimum atomic E-state index is -0.465. The van der Waals surface area contributed by atoms with E-state index in [2.05, 4.69) is 15.1 Å². The lowest BCUT2D eigenvalue weighted by molar-refractivity contribution is 0.0721. The number of carbonyl (C=O) groups is 2. The third-order valence-electron chi connectivity index (χ3n) is 4.41. The topological polar surface area (TPSA) is 118 Å². The Balaban J connectivity index is 1.55. The third-order valence-corrected chi connectivity index (χ3v) is 4.41. The molecule has 0 bridgehead atoms. The fourth-order valence-electron chi connectivity index (χ4n) is 3.03.